The molecule has 1 amide bonds. The summed E-state index contributed by atoms with van der Waals surface area (Å²) in [6.07, 6.45) is 0.475. The van der Waals surface area contributed by atoms with Crippen molar-refractivity contribution in [2.45, 2.75) is 33.4 Å². The molecule has 0 aliphatic rings. The van der Waals surface area contributed by atoms with Crippen LogP contribution in [0.1, 0.15) is 43.9 Å². The molecule has 0 unspecified atom stereocenters. The van der Waals surface area contributed by atoms with Crippen LogP contribution in [0.5, 0.6) is 5.75 Å². The number of nitrogens with zero attached hydrogens (tertiary/aromatic N) is 2. The largest absolute Gasteiger partial charge is 0.507 e. The highest BCUT2D eigenvalue weighted by Gasteiger charge is 2.18. The van der Waals surface area contributed by atoms with Gasteiger partial charge in [-0.2, -0.15) is 5.10 Å². The summed E-state index contributed by atoms with van der Waals surface area (Å²) >= 11 is 0. The van der Waals surface area contributed by atoms with Gasteiger partial charge in [0, 0.05) is 18.5 Å². The van der Waals surface area contributed by atoms with E-state index in [0.717, 1.165) is 27.8 Å². The number of hydrogen-bond donors (Lipinski definition) is 4. The normalized spacial score (nSPS) is 10.5. The summed E-state index contributed by atoms with van der Waals surface area (Å²) in [5.41, 5.74) is 11.1. The Kier molecular flexibility index (Phi) is 5.84. The van der Waals surface area contributed by atoms with E-state index >= 15 is 0 Å². The highest BCUT2D eigenvalue weighted by atomic mass is 16.3. The highest BCUT2D eigenvalue weighted by molar-refractivity contribution is 5.98. The third-order valence-corrected chi connectivity index (χ3v) is 4.76. The van der Waals surface area contributed by atoms with E-state index in [1.54, 1.807) is 0 Å². The van der Waals surface area contributed by atoms with E-state index in [1.165, 1.54) is 0 Å². The molecule has 7 heteroatoms. The Morgan fingerprint density at radius 3 is 2.38 bits per heavy atom. The number of phenolic OH excluding ortho intramolecular Hbond substituents is 1. The number of carbonyl (C=O) groups excluding carboxylic acids is 1. The molecule has 3 rings (SSSR count). The van der Waals surface area contributed by atoms with Gasteiger partial charge in [0.2, 0.25) is 6.54 Å². The number of aromatic hydroxyl groups is 1. The molecule has 0 radical (unpaired) electrons. The zero-order valence-electron chi connectivity index (χ0n) is 16.4. The van der Waals surface area contributed by atoms with Crippen LogP contribution in [0.15, 0.2) is 36.4 Å². The van der Waals surface area contributed by atoms with E-state index in [9.17, 15) is 9.90 Å². The van der Waals surface area contributed by atoms with Gasteiger partial charge in [-0.05, 0) is 36.1 Å². The predicted molar refractivity (Wildman–Crippen MR) is 112 cm³/mol. The fraction of sp³-hybridized carbons (Fsp3) is 0.227. The molecule has 0 bridgehead atoms. The van der Waals surface area contributed by atoms with Gasteiger partial charge >= 0.3 is 0 Å². The van der Waals surface area contributed by atoms with E-state index in [2.05, 4.69) is 20.4 Å². The summed E-state index contributed by atoms with van der Waals surface area (Å²) in [7, 11) is 0. The average Bonchev–Trinajstić information content (AvgIpc) is 3.09. The van der Waals surface area contributed by atoms with Gasteiger partial charge in [0.1, 0.15) is 11.3 Å². The summed E-state index contributed by atoms with van der Waals surface area (Å²) in [6, 6.07) is 11.4. The molecular weight excluding hydrogens is 366 g/mol. The number of carbonyl (C=O) groups is 1. The summed E-state index contributed by atoms with van der Waals surface area (Å²) < 4.78 is 0. The van der Waals surface area contributed by atoms with Crippen molar-refractivity contribution in [2.24, 2.45) is 5.73 Å². The minimum atomic E-state index is -0.557. The topological polar surface area (TPSA) is 108 Å². The lowest BCUT2D eigenvalue weighted by atomic mass is 10.0. The van der Waals surface area contributed by atoms with Crippen LogP contribution >= 0.6 is 0 Å². The standard InChI is InChI=1S/C22H23N5O2/c1-13-8-17(9-14(2)20(13)28)12-25-22-19(21(23)29)18(26-27-22)10-15-4-6-16(7-5-15)11-24-3/h4-9,28H,10-12H2,1-2H3,(H2,23,29)(H2,25,26,27). The predicted octanol–water partition coefficient (Wildman–Crippen LogP) is 3.45. The Labute approximate surface area is 169 Å². The van der Waals surface area contributed by atoms with Crippen molar-refractivity contribution < 1.29 is 9.90 Å². The maximum Gasteiger partial charge on any atom is 0.254 e. The fourth-order valence-electron chi connectivity index (χ4n) is 3.29. The summed E-state index contributed by atoms with van der Waals surface area (Å²) in [6.45, 7) is 11.4. The number of amides is 1. The van der Waals surface area contributed by atoms with Crippen molar-refractivity contribution in [3.63, 3.8) is 0 Å². The molecule has 0 saturated carbocycles. The zero-order valence-corrected chi connectivity index (χ0v) is 16.4. The fourth-order valence-corrected chi connectivity index (χ4v) is 3.29. The molecule has 0 aliphatic heterocycles. The maximum atomic E-state index is 12.1. The lowest BCUT2D eigenvalue weighted by Crippen LogP contribution is -2.15. The first kappa shape index (κ1) is 20.0. The van der Waals surface area contributed by atoms with Gasteiger partial charge in [-0.3, -0.25) is 9.89 Å². The number of anilines is 1. The molecule has 7 nitrogen and oxygen atoms in total. The van der Waals surface area contributed by atoms with Gasteiger partial charge in [0.25, 0.3) is 5.91 Å². The third-order valence-electron chi connectivity index (χ3n) is 4.76. The van der Waals surface area contributed by atoms with Gasteiger partial charge in [-0.15, -0.1) is 0 Å². The Hall–Kier alpha value is -3.79. The maximum absolute atomic E-state index is 12.1. The molecule has 0 saturated heterocycles. The smallest absolute Gasteiger partial charge is 0.254 e. The van der Waals surface area contributed by atoms with Gasteiger partial charge in [0.05, 0.1) is 5.69 Å². The number of benzene rings is 2. The van der Waals surface area contributed by atoms with Crippen molar-refractivity contribution in [3.05, 3.63) is 86.9 Å². The lowest BCUT2D eigenvalue weighted by Gasteiger charge is -2.09. The number of H-pyrrole nitrogens is 1. The number of nitrogens with two attached hydrogens (primary N) is 1. The second-order valence-corrected chi connectivity index (χ2v) is 7.03. The van der Waals surface area contributed by atoms with Crippen molar-refractivity contribution in [1.29, 1.82) is 0 Å². The van der Waals surface area contributed by atoms with Crippen LogP contribution in [-0.4, -0.2) is 21.2 Å². The van der Waals surface area contributed by atoms with Crippen LogP contribution in [0.3, 0.4) is 0 Å². The molecule has 5 N–H and O–H groups in total. The molecule has 29 heavy (non-hydrogen) atoms. The number of aromatic nitrogens is 2. The SMILES string of the molecule is [C-]#[N+]Cc1ccc(Cc2[nH]nc(NCc3cc(C)c(O)c(C)c3)c2C(N)=O)cc1. The Morgan fingerprint density at radius 1 is 1.17 bits per heavy atom. The second kappa shape index (κ2) is 8.48. The second-order valence-electron chi connectivity index (χ2n) is 7.03. The summed E-state index contributed by atoms with van der Waals surface area (Å²) in [5.74, 6) is 0.135. The van der Waals surface area contributed by atoms with Gasteiger partial charge < -0.3 is 21.0 Å². The Balaban J connectivity index is 1.78. The van der Waals surface area contributed by atoms with Crippen molar-refractivity contribution >= 4 is 11.7 Å². The van der Waals surface area contributed by atoms with Crippen LogP contribution < -0.4 is 11.1 Å². The van der Waals surface area contributed by atoms with Gasteiger partial charge in [-0.1, -0.05) is 36.4 Å². The quantitative estimate of drug-likeness (QED) is 0.464. The molecule has 148 valence electrons. The first-order valence-corrected chi connectivity index (χ1v) is 9.20. The monoisotopic (exact) mass is 389 g/mol. The number of aryl methyl sites for hydroxylation is 2. The van der Waals surface area contributed by atoms with Crippen LogP contribution in [0.25, 0.3) is 4.85 Å². The molecule has 0 spiro atoms. The number of aromatic amines is 1. The number of rotatable bonds is 7. The number of phenols is 1. The molecule has 0 aliphatic carbocycles. The molecule has 0 fully saturated rings. The van der Waals surface area contributed by atoms with E-state index in [1.807, 2.05) is 50.2 Å². The van der Waals surface area contributed by atoms with Crippen molar-refractivity contribution in [1.82, 2.24) is 10.2 Å². The molecule has 0 atom stereocenters. The first-order chi connectivity index (χ1) is 13.9. The highest BCUT2D eigenvalue weighted by Crippen LogP contribution is 2.24. The molecule has 1 aromatic heterocycles. The summed E-state index contributed by atoms with van der Waals surface area (Å²) in [4.78, 5) is 15.4. The average molecular weight is 389 g/mol. The van der Waals surface area contributed by atoms with Crippen molar-refractivity contribution in [2.75, 3.05) is 5.32 Å². The number of primary amides is 1. The molecular formula is C22H23N5O2. The van der Waals surface area contributed by atoms with E-state index in [-0.39, 0.29) is 5.75 Å². The Bertz CT molecular complexity index is 1050. The van der Waals surface area contributed by atoms with Crippen LogP contribution in [-0.2, 0) is 19.5 Å². The van der Waals surface area contributed by atoms with Crippen LogP contribution in [0.4, 0.5) is 5.82 Å². The minimum Gasteiger partial charge on any atom is -0.507 e. The first-order valence-electron chi connectivity index (χ1n) is 9.20. The van der Waals surface area contributed by atoms with E-state index in [0.29, 0.717) is 36.6 Å². The van der Waals surface area contributed by atoms with E-state index in [4.69, 9.17) is 12.3 Å². The van der Waals surface area contributed by atoms with Crippen LogP contribution in [0.2, 0.25) is 0 Å². The minimum absolute atomic E-state index is 0.288. The summed E-state index contributed by atoms with van der Waals surface area (Å²) in [5, 5.41) is 20.2. The molecule has 3 aromatic rings. The van der Waals surface area contributed by atoms with Gasteiger partial charge in [-0.25, -0.2) is 6.57 Å². The Morgan fingerprint density at radius 2 is 1.79 bits per heavy atom. The number of hydrogen-bond acceptors (Lipinski definition) is 4. The third kappa shape index (κ3) is 4.55. The lowest BCUT2D eigenvalue weighted by molar-refractivity contribution is 0.100. The molecule has 2 aromatic carbocycles. The zero-order chi connectivity index (χ0) is 21.0. The van der Waals surface area contributed by atoms with Crippen molar-refractivity contribution in [3.8, 4) is 5.75 Å². The molecule has 1 heterocycles. The number of nitrogens with one attached hydrogen (secondary N) is 2. The van der Waals surface area contributed by atoms with Crippen LogP contribution in [0, 0.1) is 20.4 Å². The van der Waals surface area contributed by atoms with Gasteiger partial charge in [0.15, 0.2) is 5.82 Å². The van der Waals surface area contributed by atoms with E-state index < -0.39 is 5.91 Å².